The van der Waals surface area contributed by atoms with E-state index in [-0.39, 0.29) is 11.4 Å². The summed E-state index contributed by atoms with van der Waals surface area (Å²) in [5.41, 5.74) is 0.605. The Hall–Kier alpha value is -1.45. The molecule has 4 bridgehead atoms. The highest BCUT2D eigenvalue weighted by Gasteiger charge is 2.54. The Labute approximate surface area is 126 Å². The topological polar surface area (TPSA) is 46.1 Å². The standard InChI is InChI=1S/C17H23N3O/c1-2-20(16(21)15-11-18-3-4-19-15)17-8-12-5-13(9-17)7-14(6-12)10-17/h3-4,11-14H,2,5-10H2,1H3. The molecule has 0 unspecified atom stereocenters. The second kappa shape index (κ2) is 4.79. The lowest BCUT2D eigenvalue weighted by Crippen LogP contribution is -2.61. The van der Waals surface area contributed by atoms with Crippen LogP contribution in [-0.2, 0) is 0 Å². The normalized spacial score (nSPS) is 36.7. The molecule has 0 radical (unpaired) electrons. The SMILES string of the molecule is CCN(C(=O)c1cnccn1)C12CC3CC(CC(C3)C1)C2. The number of nitrogens with zero attached hydrogens (tertiary/aromatic N) is 3. The fraction of sp³-hybridized carbons (Fsp3) is 0.706. The maximum absolute atomic E-state index is 12.9. The van der Waals surface area contributed by atoms with Gasteiger partial charge in [-0.1, -0.05) is 0 Å². The molecule has 112 valence electrons. The largest absolute Gasteiger partial charge is 0.332 e. The Morgan fingerprint density at radius 2 is 1.81 bits per heavy atom. The molecule has 4 fully saturated rings. The Kier molecular flexibility index (Phi) is 3.02. The van der Waals surface area contributed by atoms with Crippen molar-refractivity contribution >= 4 is 5.91 Å². The zero-order chi connectivity index (χ0) is 14.4. The van der Waals surface area contributed by atoms with E-state index in [0.29, 0.717) is 5.69 Å². The van der Waals surface area contributed by atoms with Crippen molar-refractivity contribution < 1.29 is 4.79 Å². The monoisotopic (exact) mass is 285 g/mol. The van der Waals surface area contributed by atoms with Gasteiger partial charge < -0.3 is 4.90 Å². The van der Waals surface area contributed by atoms with E-state index in [9.17, 15) is 4.79 Å². The van der Waals surface area contributed by atoms with E-state index in [1.165, 1.54) is 38.5 Å². The predicted octanol–water partition coefficient (Wildman–Crippen LogP) is 2.91. The van der Waals surface area contributed by atoms with Crippen molar-refractivity contribution in [2.24, 2.45) is 17.8 Å². The van der Waals surface area contributed by atoms with E-state index in [1.807, 2.05) is 0 Å². The molecule has 1 heterocycles. The molecule has 0 aromatic carbocycles. The molecule has 0 aliphatic heterocycles. The summed E-state index contributed by atoms with van der Waals surface area (Å²) >= 11 is 0. The van der Waals surface area contributed by atoms with Crippen molar-refractivity contribution in [1.29, 1.82) is 0 Å². The summed E-state index contributed by atoms with van der Waals surface area (Å²) in [7, 11) is 0. The van der Waals surface area contributed by atoms with Gasteiger partial charge in [0.25, 0.3) is 5.91 Å². The smallest absolute Gasteiger partial charge is 0.274 e. The molecular weight excluding hydrogens is 262 g/mol. The molecule has 4 aliphatic carbocycles. The summed E-state index contributed by atoms with van der Waals surface area (Å²) in [6, 6.07) is 0. The van der Waals surface area contributed by atoms with E-state index in [2.05, 4.69) is 21.8 Å². The van der Waals surface area contributed by atoms with Gasteiger partial charge in [0, 0.05) is 24.5 Å². The summed E-state index contributed by atoms with van der Waals surface area (Å²) in [5.74, 6) is 2.62. The van der Waals surface area contributed by atoms with Crippen LogP contribution in [0.3, 0.4) is 0 Å². The zero-order valence-electron chi connectivity index (χ0n) is 12.7. The Morgan fingerprint density at radius 1 is 1.19 bits per heavy atom. The van der Waals surface area contributed by atoms with Gasteiger partial charge in [-0.25, -0.2) is 4.98 Å². The molecule has 5 rings (SSSR count). The molecule has 0 saturated heterocycles. The summed E-state index contributed by atoms with van der Waals surface area (Å²) < 4.78 is 0. The van der Waals surface area contributed by atoms with E-state index in [4.69, 9.17) is 0 Å². The van der Waals surface area contributed by atoms with Crippen molar-refractivity contribution in [3.05, 3.63) is 24.3 Å². The summed E-state index contributed by atoms with van der Waals surface area (Å²) in [5, 5.41) is 0. The highest BCUT2D eigenvalue weighted by molar-refractivity contribution is 5.92. The molecule has 4 aliphatic rings. The number of rotatable bonds is 3. The van der Waals surface area contributed by atoms with Crippen LogP contribution in [0.25, 0.3) is 0 Å². The van der Waals surface area contributed by atoms with Gasteiger partial charge in [-0.2, -0.15) is 0 Å². The lowest BCUT2D eigenvalue weighted by atomic mass is 9.52. The molecule has 1 amide bonds. The number of amides is 1. The highest BCUT2D eigenvalue weighted by atomic mass is 16.2. The van der Waals surface area contributed by atoms with Crippen molar-refractivity contribution in [3.8, 4) is 0 Å². The Bertz CT molecular complexity index is 507. The van der Waals surface area contributed by atoms with Gasteiger partial charge >= 0.3 is 0 Å². The van der Waals surface area contributed by atoms with E-state index in [1.54, 1.807) is 18.6 Å². The molecule has 1 aromatic rings. The average molecular weight is 285 g/mol. The molecule has 4 heteroatoms. The van der Waals surface area contributed by atoms with Gasteiger partial charge in [-0.15, -0.1) is 0 Å². The predicted molar refractivity (Wildman–Crippen MR) is 79.6 cm³/mol. The minimum absolute atomic E-state index is 0.0764. The van der Waals surface area contributed by atoms with Crippen LogP contribution >= 0.6 is 0 Å². The van der Waals surface area contributed by atoms with Crippen molar-refractivity contribution in [2.45, 2.75) is 51.0 Å². The van der Waals surface area contributed by atoms with Crippen molar-refractivity contribution in [2.75, 3.05) is 6.54 Å². The van der Waals surface area contributed by atoms with Crippen molar-refractivity contribution in [1.82, 2.24) is 14.9 Å². The van der Waals surface area contributed by atoms with E-state index in [0.717, 1.165) is 24.3 Å². The minimum Gasteiger partial charge on any atom is -0.332 e. The molecule has 0 atom stereocenters. The first-order valence-corrected chi connectivity index (χ1v) is 8.28. The number of hydrogen-bond donors (Lipinski definition) is 0. The van der Waals surface area contributed by atoms with Crippen LogP contribution in [0.1, 0.15) is 55.9 Å². The third-order valence-electron chi connectivity index (χ3n) is 5.92. The van der Waals surface area contributed by atoms with Gasteiger partial charge in [-0.3, -0.25) is 9.78 Å². The van der Waals surface area contributed by atoms with Gasteiger partial charge in [0.1, 0.15) is 5.69 Å². The fourth-order valence-electron chi connectivity index (χ4n) is 5.64. The first kappa shape index (κ1) is 13.2. The number of hydrogen-bond acceptors (Lipinski definition) is 3. The third-order valence-corrected chi connectivity index (χ3v) is 5.92. The van der Waals surface area contributed by atoms with Crippen LogP contribution < -0.4 is 0 Å². The van der Waals surface area contributed by atoms with E-state index >= 15 is 0 Å². The summed E-state index contributed by atoms with van der Waals surface area (Å²) in [4.78, 5) is 23.3. The Morgan fingerprint density at radius 3 is 2.29 bits per heavy atom. The molecule has 0 N–H and O–H groups in total. The molecule has 21 heavy (non-hydrogen) atoms. The summed E-state index contributed by atoms with van der Waals surface area (Å²) in [6.45, 7) is 2.88. The van der Waals surface area contributed by atoms with Gasteiger partial charge in [0.05, 0.1) is 6.20 Å². The molecular formula is C17H23N3O. The van der Waals surface area contributed by atoms with Gasteiger partial charge in [0.2, 0.25) is 0 Å². The third kappa shape index (κ3) is 2.07. The van der Waals surface area contributed by atoms with Crippen LogP contribution in [-0.4, -0.2) is 32.9 Å². The zero-order valence-corrected chi connectivity index (χ0v) is 12.7. The highest BCUT2D eigenvalue weighted by Crippen LogP contribution is 2.57. The average Bonchev–Trinajstić information content (AvgIpc) is 2.47. The lowest BCUT2D eigenvalue weighted by Gasteiger charge is -2.60. The maximum Gasteiger partial charge on any atom is 0.274 e. The second-order valence-electron chi connectivity index (χ2n) is 7.28. The van der Waals surface area contributed by atoms with Crippen LogP contribution in [0.4, 0.5) is 0 Å². The first-order chi connectivity index (χ1) is 10.2. The molecule has 0 spiro atoms. The maximum atomic E-state index is 12.9. The first-order valence-electron chi connectivity index (χ1n) is 8.28. The fourth-order valence-corrected chi connectivity index (χ4v) is 5.64. The second-order valence-corrected chi connectivity index (χ2v) is 7.28. The molecule has 1 aromatic heterocycles. The van der Waals surface area contributed by atoms with E-state index < -0.39 is 0 Å². The number of carbonyl (C=O) groups is 1. The minimum atomic E-state index is 0.0764. The van der Waals surface area contributed by atoms with Crippen molar-refractivity contribution in [3.63, 3.8) is 0 Å². The number of carbonyl (C=O) groups excluding carboxylic acids is 1. The Balaban J connectivity index is 1.65. The number of aromatic nitrogens is 2. The van der Waals surface area contributed by atoms with Gasteiger partial charge in [0.15, 0.2) is 0 Å². The summed E-state index contributed by atoms with van der Waals surface area (Å²) in [6.07, 6.45) is 12.7. The molecule has 4 saturated carbocycles. The molecule has 4 nitrogen and oxygen atoms in total. The van der Waals surface area contributed by atoms with Crippen LogP contribution in [0, 0.1) is 17.8 Å². The van der Waals surface area contributed by atoms with Crippen LogP contribution in [0.5, 0.6) is 0 Å². The quantitative estimate of drug-likeness (QED) is 0.858. The van der Waals surface area contributed by atoms with Crippen LogP contribution in [0.15, 0.2) is 18.6 Å². The lowest BCUT2D eigenvalue weighted by molar-refractivity contribution is -0.0733. The van der Waals surface area contributed by atoms with Crippen LogP contribution in [0.2, 0.25) is 0 Å². The van der Waals surface area contributed by atoms with Gasteiger partial charge in [-0.05, 0) is 63.2 Å².